The van der Waals surface area contributed by atoms with Crippen LogP contribution in [0.3, 0.4) is 0 Å². The van der Waals surface area contributed by atoms with Crippen molar-refractivity contribution in [2.24, 2.45) is 0 Å². The summed E-state index contributed by atoms with van der Waals surface area (Å²) in [5.74, 6) is -0.0457. The summed E-state index contributed by atoms with van der Waals surface area (Å²) in [6.07, 6.45) is 1.62. The number of pyridine rings is 1. The van der Waals surface area contributed by atoms with Gasteiger partial charge in [-0.25, -0.2) is 4.98 Å². The number of hydrogen-bond acceptors (Lipinski definition) is 4. The van der Waals surface area contributed by atoms with Gasteiger partial charge in [0.2, 0.25) is 5.79 Å². The number of nitriles is 1. The van der Waals surface area contributed by atoms with Crippen molar-refractivity contribution in [3.8, 4) is 11.8 Å². The third-order valence-electron chi connectivity index (χ3n) is 3.18. The monoisotopic (exact) mass is 252 g/mol. The van der Waals surface area contributed by atoms with Crippen molar-refractivity contribution in [2.75, 3.05) is 0 Å². The lowest BCUT2D eigenvalue weighted by atomic mass is 10.1. The molecule has 0 saturated heterocycles. The molecule has 1 aromatic heterocycles. The number of fused-ring (bicyclic) bond motifs is 1. The number of rotatable bonds is 1. The molecule has 1 unspecified atom stereocenters. The first-order chi connectivity index (χ1) is 9.21. The van der Waals surface area contributed by atoms with Gasteiger partial charge in [0.1, 0.15) is 17.5 Å². The number of aromatic nitrogens is 1. The van der Waals surface area contributed by atoms with E-state index in [2.05, 4.69) is 4.98 Å². The van der Waals surface area contributed by atoms with Crippen molar-refractivity contribution in [2.45, 2.75) is 19.3 Å². The predicted octanol–water partition coefficient (Wildman–Crippen LogP) is 2.74. The SMILES string of the molecule is CC1(c2ccc(C#N)nc2)OCc2ccccc2O1. The van der Waals surface area contributed by atoms with Crippen molar-refractivity contribution in [3.05, 3.63) is 59.4 Å². The molecule has 0 bridgehead atoms. The smallest absolute Gasteiger partial charge is 0.236 e. The van der Waals surface area contributed by atoms with E-state index < -0.39 is 5.79 Å². The summed E-state index contributed by atoms with van der Waals surface area (Å²) in [5, 5.41) is 8.76. The number of hydrogen-bond donors (Lipinski definition) is 0. The van der Waals surface area contributed by atoms with E-state index in [0.717, 1.165) is 16.9 Å². The molecule has 0 N–H and O–H groups in total. The van der Waals surface area contributed by atoms with Crippen LogP contribution in [0.15, 0.2) is 42.6 Å². The van der Waals surface area contributed by atoms with Gasteiger partial charge in [-0.2, -0.15) is 5.26 Å². The highest BCUT2D eigenvalue weighted by atomic mass is 16.7. The molecule has 0 aliphatic carbocycles. The minimum Gasteiger partial charge on any atom is -0.458 e. The van der Waals surface area contributed by atoms with Crippen molar-refractivity contribution in [3.63, 3.8) is 0 Å². The molecule has 0 amide bonds. The van der Waals surface area contributed by atoms with Crippen molar-refractivity contribution >= 4 is 0 Å². The van der Waals surface area contributed by atoms with E-state index >= 15 is 0 Å². The first-order valence-electron chi connectivity index (χ1n) is 5.99. The van der Waals surface area contributed by atoms with Crippen LogP contribution in [-0.4, -0.2) is 4.98 Å². The first-order valence-corrected chi connectivity index (χ1v) is 5.99. The Morgan fingerprint density at radius 1 is 1.26 bits per heavy atom. The van der Waals surface area contributed by atoms with Crippen molar-refractivity contribution < 1.29 is 9.47 Å². The van der Waals surface area contributed by atoms with E-state index in [-0.39, 0.29) is 0 Å². The molecule has 4 heteroatoms. The highest BCUT2D eigenvalue weighted by Gasteiger charge is 2.34. The fourth-order valence-corrected chi connectivity index (χ4v) is 2.05. The van der Waals surface area contributed by atoms with E-state index in [0.29, 0.717) is 12.3 Å². The molecule has 1 aliphatic rings. The molecule has 0 fully saturated rings. The average molecular weight is 252 g/mol. The average Bonchev–Trinajstić information content (AvgIpc) is 2.47. The summed E-state index contributed by atoms with van der Waals surface area (Å²) >= 11 is 0. The Kier molecular flexibility index (Phi) is 2.69. The van der Waals surface area contributed by atoms with E-state index in [1.807, 2.05) is 37.3 Å². The van der Waals surface area contributed by atoms with Gasteiger partial charge in [0.05, 0.1) is 6.61 Å². The molecular weight excluding hydrogens is 240 g/mol. The third-order valence-corrected chi connectivity index (χ3v) is 3.18. The zero-order valence-corrected chi connectivity index (χ0v) is 10.5. The van der Waals surface area contributed by atoms with Crippen LogP contribution in [0.5, 0.6) is 5.75 Å². The number of para-hydroxylation sites is 1. The van der Waals surface area contributed by atoms with Crippen LogP contribution in [0.4, 0.5) is 0 Å². The van der Waals surface area contributed by atoms with E-state index in [9.17, 15) is 0 Å². The van der Waals surface area contributed by atoms with Gasteiger partial charge in [0.15, 0.2) is 0 Å². The van der Waals surface area contributed by atoms with Crippen LogP contribution in [0.2, 0.25) is 0 Å². The molecular formula is C15H12N2O2. The molecule has 3 rings (SSSR count). The zero-order chi connectivity index (χ0) is 13.3. The minimum atomic E-state index is -0.866. The largest absolute Gasteiger partial charge is 0.458 e. The van der Waals surface area contributed by atoms with Gasteiger partial charge in [0, 0.05) is 24.2 Å². The summed E-state index contributed by atoms with van der Waals surface area (Å²) in [7, 11) is 0. The van der Waals surface area contributed by atoms with E-state index in [1.54, 1.807) is 18.3 Å². The lowest BCUT2D eigenvalue weighted by molar-refractivity contribution is -0.202. The third kappa shape index (κ3) is 2.05. The maximum absolute atomic E-state index is 8.76. The lowest BCUT2D eigenvalue weighted by Crippen LogP contribution is -2.36. The summed E-state index contributed by atoms with van der Waals surface area (Å²) in [4.78, 5) is 4.05. The van der Waals surface area contributed by atoms with E-state index in [1.165, 1.54) is 0 Å². The molecule has 19 heavy (non-hydrogen) atoms. The Morgan fingerprint density at radius 2 is 2.11 bits per heavy atom. The molecule has 2 heterocycles. The van der Waals surface area contributed by atoms with E-state index in [4.69, 9.17) is 14.7 Å². The molecule has 0 radical (unpaired) electrons. The maximum atomic E-state index is 8.76. The van der Waals surface area contributed by atoms with Crippen LogP contribution in [0.25, 0.3) is 0 Å². The Balaban J connectivity index is 1.94. The summed E-state index contributed by atoms with van der Waals surface area (Å²) < 4.78 is 11.7. The van der Waals surface area contributed by atoms with Crippen molar-refractivity contribution in [1.82, 2.24) is 4.98 Å². The molecule has 0 spiro atoms. The molecule has 94 valence electrons. The van der Waals surface area contributed by atoms with Gasteiger partial charge >= 0.3 is 0 Å². The Morgan fingerprint density at radius 3 is 2.84 bits per heavy atom. The Hall–Kier alpha value is -2.38. The van der Waals surface area contributed by atoms with Gasteiger partial charge in [-0.1, -0.05) is 18.2 Å². The second-order valence-corrected chi connectivity index (χ2v) is 4.49. The number of nitrogens with zero attached hydrogens (tertiary/aromatic N) is 2. The quantitative estimate of drug-likeness (QED) is 0.783. The highest BCUT2D eigenvalue weighted by Crippen LogP contribution is 2.36. The Labute approximate surface area is 111 Å². The molecule has 4 nitrogen and oxygen atoms in total. The van der Waals surface area contributed by atoms with Crippen LogP contribution >= 0.6 is 0 Å². The predicted molar refractivity (Wildman–Crippen MR) is 68.2 cm³/mol. The normalized spacial score (nSPS) is 21.1. The van der Waals surface area contributed by atoms with Gasteiger partial charge in [-0.15, -0.1) is 0 Å². The number of ether oxygens (including phenoxy) is 2. The highest BCUT2D eigenvalue weighted by molar-refractivity contribution is 5.36. The van der Waals surface area contributed by atoms with Crippen molar-refractivity contribution in [1.29, 1.82) is 5.26 Å². The first kappa shape index (κ1) is 11.7. The molecule has 1 aliphatic heterocycles. The van der Waals surface area contributed by atoms with Crippen LogP contribution in [0, 0.1) is 11.3 Å². The maximum Gasteiger partial charge on any atom is 0.236 e. The van der Waals surface area contributed by atoms with Gasteiger partial charge in [0.25, 0.3) is 0 Å². The molecule has 1 aromatic carbocycles. The number of benzene rings is 1. The lowest BCUT2D eigenvalue weighted by Gasteiger charge is -2.35. The summed E-state index contributed by atoms with van der Waals surface area (Å²) in [6, 6.07) is 13.2. The fraction of sp³-hybridized carbons (Fsp3) is 0.200. The van der Waals surface area contributed by atoms with Crippen LogP contribution in [0.1, 0.15) is 23.7 Å². The fourth-order valence-electron chi connectivity index (χ4n) is 2.05. The second kappa shape index (κ2) is 4.38. The molecule has 1 atom stereocenters. The van der Waals surface area contributed by atoms with Gasteiger partial charge in [-0.3, -0.25) is 0 Å². The topological polar surface area (TPSA) is 55.1 Å². The summed E-state index contributed by atoms with van der Waals surface area (Å²) in [5.41, 5.74) is 2.20. The zero-order valence-electron chi connectivity index (χ0n) is 10.5. The van der Waals surface area contributed by atoms with Gasteiger partial charge < -0.3 is 9.47 Å². The van der Waals surface area contributed by atoms with Crippen LogP contribution in [-0.2, 0) is 17.1 Å². The summed E-state index contributed by atoms with van der Waals surface area (Å²) in [6.45, 7) is 2.35. The van der Waals surface area contributed by atoms with Crippen LogP contribution < -0.4 is 4.74 Å². The molecule has 2 aromatic rings. The molecule has 0 saturated carbocycles. The Bertz CT molecular complexity index is 646. The second-order valence-electron chi connectivity index (χ2n) is 4.49. The van der Waals surface area contributed by atoms with Gasteiger partial charge in [-0.05, 0) is 18.2 Å². The standard InChI is InChI=1S/C15H12N2O2/c1-15(12-6-7-13(8-16)17-9-12)18-10-11-4-2-3-5-14(11)19-15/h2-7,9H,10H2,1H3. The minimum absolute atomic E-state index is 0.378.